The van der Waals surface area contributed by atoms with Crippen LogP contribution in [0.4, 0.5) is 22.1 Å². The van der Waals surface area contributed by atoms with Crippen molar-refractivity contribution in [1.82, 2.24) is 9.97 Å². The Morgan fingerprint density at radius 3 is 2.49 bits per heavy atom. The summed E-state index contributed by atoms with van der Waals surface area (Å²) < 4.78 is 11.4. The van der Waals surface area contributed by atoms with Crippen LogP contribution in [0.1, 0.15) is 36.7 Å². The maximum absolute atomic E-state index is 12.3. The number of rotatable bonds is 6. The highest BCUT2D eigenvalue weighted by Crippen LogP contribution is 2.34. The lowest BCUT2D eigenvalue weighted by molar-refractivity contribution is 0.0634. The predicted octanol–water partition coefficient (Wildman–Crippen LogP) is 6.19. The van der Waals surface area contributed by atoms with E-state index in [-0.39, 0.29) is 17.4 Å². The first-order valence-electron chi connectivity index (χ1n) is 11.3. The minimum absolute atomic E-state index is 0.0388. The fourth-order valence-electron chi connectivity index (χ4n) is 3.49. The van der Waals surface area contributed by atoms with Crippen molar-refractivity contribution in [2.75, 3.05) is 10.6 Å². The van der Waals surface area contributed by atoms with E-state index >= 15 is 0 Å². The van der Waals surface area contributed by atoms with Gasteiger partial charge in [-0.05, 0) is 51.1 Å². The Labute approximate surface area is 213 Å². The molecule has 4 aromatic rings. The molecular formula is C28H24N4O5. The van der Waals surface area contributed by atoms with E-state index in [1.165, 1.54) is 18.3 Å². The third-order valence-corrected chi connectivity index (χ3v) is 4.97. The zero-order valence-corrected chi connectivity index (χ0v) is 20.4. The van der Waals surface area contributed by atoms with Crippen LogP contribution >= 0.6 is 0 Å². The van der Waals surface area contributed by atoms with Crippen molar-refractivity contribution < 1.29 is 24.2 Å². The summed E-state index contributed by atoms with van der Waals surface area (Å²) in [5, 5.41) is 16.6. The number of carbonyl (C=O) groups excluding carboxylic acids is 1. The lowest BCUT2D eigenvalue weighted by atomic mass is 10.1. The SMILES string of the molecule is C#Cc1cc(Nc2nccc(Oc3ccc(NC(=O)OC(C)(C)C)c4ccccc34)n2)cc(C(=O)O)c1. The van der Waals surface area contributed by atoms with Crippen molar-refractivity contribution in [3.8, 4) is 24.0 Å². The maximum atomic E-state index is 12.3. The standard InChI is InChI=1S/C28H24N4O5/c1-5-17-14-18(25(33)34)16-19(15-17)30-26-29-13-12-24(32-26)36-23-11-10-22(20-8-6-7-9-21(20)23)31-27(35)37-28(2,3)4/h1,6-16H,2-4H3,(H,31,35)(H,33,34)(H,29,30,32). The van der Waals surface area contributed by atoms with Crippen LogP contribution in [0, 0.1) is 12.3 Å². The normalized spacial score (nSPS) is 10.9. The number of carboxylic acid groups (broad SMARTS) is 1. The number of anilines is 3. The number of carboxylic acids is 1. The highest BCUT2D eigenvalue weighted by Gasteiger charge is 2.18. The third kappa shape index (κ3) is 6.32. The molecule has 0 atom stereocenters. The number of nitrogens with zero attached hydrogens (tertiary/aromatic N) is 2. The third-order valence-electron chi connectivity index (χ3n) is 4.97. The van der Waals surface area contributed by atoms with Crippen molar-refractivity contribution in [3.63, 3.8) is 0 Å². The number of nitrogens with one attached hydrogen (secondary N) is 2. The molecule has 37 heavy (non-hydrogen) atoms. The van der Waals surface area contributed by atoms with Gasteiger partial charge in [0.05, 0.1) is 11.3 Å². The van der Waals surface area contributed by atoms with E-state index in [4.69, 9.17) is 15.9 Å². The summed E-state index contributed by atoms with van der Waals surface area (Å²) in [7, 11) is 0. The molecule has 0 radical (unpaired) electrons. The second-order valence-corrected chi connectivity index (χ2v) is 8.98. The molecule has 0 spiro atoms. The highest BCUT2D eigenvalue weighted by molar-refractivity contribution is 6.02. The molecular weight excluding hydrogens is 472 g/mol. The Morgan fingerprint density at radius 2 is 1.78 bits per heavy atom. The lowest BCUT2D eigenvalue weighted by Gasteiger charge is -2.20. The van der Waals surface area contributed by atoms with Crippen molar-refractivity contribution in [2.24, 2.45) is 0 Å². The summed E-state index contributed by atoms with van der Waals surface area (Å²) in [6.07, 6.45) is 6.40. The molecule has 9 nitrogen and oxygen atoms in total. The average Bonchev–Trinajstić information content (AvgIpc) is 2.84. The Morgan fingerprint density at radius 1 is 1.03 bits per heavy atom. The van der Waals surface area contributed by atoms with Crippen molar-refractivity contribution in [2.45, 2.75) is 26.4 Å². The predicted molar refractivity (Wildman–Crippen MR) is 141 cm³/mol. The van der Waals surface area contributed by atoms with Crippen molar-refractivity contribution in [3.05, 3.63) is 78.0 Å². The number of amides is 1. The number of hydrogen-bond donors (Lipinski definition) is 3. The summed E-state index contributed by atoms with van der Waals surface area (Å²) in [6, 6.07) is 16.9. The summed E-state index contributed by atoms with van der Waals surface area (Å²) in [6.45, 7) is 5.38. The van der Waals surface area contributed by atoms with Gasteiger partial charge in [0.15, 0.2) is 0 Å². The van der Waals surface area contributed by atoms with Gasteiger partial charge in [-0.2, -0.15) is 4.98 Å². The Hall–Kier alpha value is -5.10. The molecule has 0 aliphatic carbocycles. The molecule has 186 valence electrons. The van der Waals surface area contributed by atoms with E-state index in [2.05, 4.69) is 26.5 Å². The van der Waals surface area contributed by atoms with Gasteiger partial charge in [-0.15, -0.1) is 6.42 Å². The molecule has 0 bridgehead atoms. The molecule has 0 aliphatic heterocycles. The molecule has 0 fully saturated rings. The Bertz CT molecular complexity index is 1540. The molecule has 1 amide bonds. The molecule has 0 unspecified atom stereocenters. The van der Waals surface area contributed by atoms with Gasteiger partial charge in [-0.25, -0.2) is 14.6 Å². The average molecular weight is 497 g/mol. The second-order valence-electron chi connectivity index (χ2n) is 8.98. The number of aromatic carboxylic acids is 1. The van der Waals surface area contributed by atoms with E-state index in [9.17, 15) is 14.7 Å². The van der Waals surface area contributed by atoms with Gasteiger partial charge >= 0.3 is 12.1 Å². The molecule has 4 rings (SSSR count). The molecule has 1 aromatic heterocycles. The van der Waals surface area contributed by atoms with Crippen LogP contribution in [0.25, 0.3) is 10.8 Å². The van der Waals surface area contributed by atoms with Crippen LogP contribution in [-0.4, -0.2) is 32.7 Å². The lowest BCUT2D eigenvalue weighted by Crippen LogP contribution is -2.27. The largest absolute Gasteiger partial charge is 0.478 e. The number of ether oxygens (including phenoxy) is 2. The number of benzene rings is 3. The molecule has 0 saturated heterocycles. The van der Waals surface area contributed by atoms with E-state index in [1.807, 2.05) is 24.3 Å². The van der Waals surface area contributed by atoms with Gasteiger partial charge in [-0.3, -0.25) is 5.32 Å². The first kappa shape index (κ1) is 25.0. The number of fused-ring (bicyclic) bond motifs is 1. The Kier molecular flexibility index (Phi) is 6.93. The van der Waals surface area contributed by atoms with Gasteiger partial charge in [-0.1, -0.05) is 30.2 Å². The van der Waals surface area contributed by atoms with E-state index in [0.717, 1.165) is 10.8 Å². The quantitative estimate of drug-likeness (QED) is 0.270. The smallest absolute Gasteiger partial charge is 0.412 e. The second kappa shape index (κ2) is 10.3. The van der Waals surface area contributed by atoms with Crippen molar-refractivity contribution in [1.29, 1.82) is 0 Å². The summed E-state index contributed by atoms with van der Waals surface area (Å²) in [4.78, 5) is 32.3. The monoisotopic (exact) mass is 496 g/mol. The van der Waals surface area contributed by atoms with E-state index in [1.54, 1.807) is 45.0 Å². The van der Waals surface area contributed by atoms with Gasteiger partial charge in [0.1, 0.15) is 11.4 Å². The highest BCUT2D eigenvalue weighted by atomic mass is 16.6. The molecule has 3 N–H and O–H groups in total. The van der Waals surface area contributed by atoms with Gasteiger partial charge < -0.3 is 19.9 Å². The number of carbonyl (C=O) groups is 2. The van der Waals surface area contributed by atoms with Crippen LogP contribution in [0.3, 0.4) is 0 Å². The molecule has 0 saturated carbocycles. The maximum Gasteiger partial charge on any atom is 0.412 e. The number of terminal acetylenes is 1. The zero-order valence-electron chi connectivity index (χ0n) is 20.4. The summed E-state index contributed by atoms with van der Waals surface area (Å²) >= 11 is 0. The first-order valence-corrected chi connectivity index (χ1v) is 11.3. The van der Waals surface area contributed by atoms with Crippen LogP contribution in [0.2, 0.25) is 0 Å². The number of hydrogen-bond acceptors (Lipinski definition) is 7. The van der Waals surface area contributed by atoms with Gasteiger partial charge in [0, 0.05) is 34.3 Å². The fraction of sp³-hybridized carbons (Fsp3) is 0.143. The molecule has 9 heteroatoms. The minimum atomic E-state index is -1.10. The Balaban J connectivity index is 1.59. The zero-order chi connectivity index (χ0) is 26.6. The number of aromatic nitrogens is 2. The van der Waals surface area contributed by atoms with Gasteiger partial charge in [0.2, 0.25) is 11.8 Å². The van der Waals surface area contributed by atoms with Crippen LogP contribution in [0.15, 0.2) is 66.9 Å². The van der Waals surface area contributed by atoms with Crippen LogP contribution in [0.5, 0.6) is 11.6 Å². The van der Waals surface area contributed by atoms with E-state index in [0.29, 0.717) is 22.7 Å². The van der Waals surface area contributed by atoms with Crippen LogP contribution < -0.4 is 15.4 Å². The first-order chi connectivity index (χ1) is 17.6. The van der Waals surface area contributed by atoms with Gasteiger partial charge in [0.25, 0.3) is 0 Å². The fourth-order valence-corrected chi connectivity index (χ4v) is 3.49. The molecule has 3 aromatic carbocycles. The molecule has 1 heterocycles. The summed E-state index contributed by atoms with van der Waals surface area (Å²) in [5.41, 5.74) is 0.815. The minimum Gasteiger partial charge on any atom is -0.478 e. The van der Waals surface area contributed by atoms with Crippen LogP contribution in [-0.2, 0) is 4.74 Å². The topological polar surface area (TPSA) is 123 Å². The summed E-state index contributed by atoms with van der Waals surface area (Å²) in [5.74, 6) is 2.29. The van der Waals surface area contributed by atoms with Crippen molar-refractivity contribution >= 4 is 40.2 Å². The molecule has 0 aliphatic rings. The van der Waals surface area contributed by atoms with E-state index < -0.39 is 17.7 Å².